The third kappa shape index (κ3) is 5.72. The van der Waals surface area contributed by atoms with Crippen molar-refractivity contribution < 1.29 is 29.0 Å². The fourth-order valence-corrected chi connectivity index (χ4v) is 5.92. The molecule has 200 valence electrons. The summed E-state index contributed by atoms with van der Waals surface area (Å²) >= 11 is 1.12. The average Bonchev–Trinajstić information content (AvgIpc) is 3.50. The minimum Gasteiger partial charge on any atom is -0.476 e. The maximum Gasteiger partial charge on any atom is 0.410 e. The molecule has 1 heterocycles. The molecule has 1 aliphatic rings. The van der Waals surface area contributed by atoms with Crippen LogP contribution in [-0.2, 0) is 14.3 Å². The predicted molar refractivity (Wildman–Crippen MR) is 144 cm³/mol. The van der Waals surface area contributed by atoms with Crippen LogP contribution in [0.3, 0.4) is 0 Å². The van der Waals surface area contributed by atoms with Crippen LogP contribution in [0.15, 0.2) is 53.9 Å². The SMILES string of the molecule is CCN(C(=O)OCC1c2ccccc2-c2ccccc21)[C@H](C[C@@H](OC(C)=O)c1nc(C(=O)O)cs1)C(C)C. The van der Waals surface area contributed by atoms with E-state index in [9.17, 15) is 19.5 Å². The molecule has 8 nitrogen and oxygen atoms in total. The second-order valence-corrected chi connectivity index (χ2v) is 10.5. The summed E-state index contributed by atoms with van der Waals surface area (Å²) in [6, 6.07) is 16.0. The number of nitrogens with zero attached hydrogens (tertiary/aromatic N) is 2. The molecule has 1 aliphatic carbocycles. The fourth-order valence-electron chi connectivity index (χ4n) is 5.09. The van der Waals surface area contributed by atoms with Crippen molar-refractivity contribution in [1.29, 1.82) is 0 Å². The first kappa shape index (κ1) is 27.3. The van der Waals surface area contributed by atoms with Crippen LogP contribution in [0.4, 0.5) is 4.79 Å². The van der Waals surface area contributed by atoms with Crippen LogP contribution in [0.25, 0.3) is 11.1 Å². The third-order valence-electron chi connectivity index (χ3n) is 6.86. The van der Waals surface area contributed by atoms with Crippen molar-refractivity contribution in [3.63, 3.8) is 0 Å². The van der Waals surface area contributed by atoms with Gasteiger partial charge in [-0.2, -0.15) is 0 Å². The lowest BCUT2D eigenvalue weighted by atomic mass is 9.96. The smallest absolute Gasteiger partial charge is 0.410 e. The molecule has 0 unspecified atom stereocenters. The molecule has 0 bridgehead atoms. The summed E-state index contributed by atoms with van der Waals surface area (Å²) in [5, 5.41) is 11.1. The minimum atomic E-state index is -1.15. The number of fused-ring (bicyclic) bond motifs is 3. The standard InChI is InChI=1S/C29H32N2O6S/c1-5-31(25(17(2)3)14-26(37-18(4)32)27-30-24(16-38-27)28(33)34)29(35)36-15-23-21-12-8-6-10-19(21)20-11-7-9-13-22(20)23/h6-13,16-17,23,25-26H,5,14-15H2,1-4H3,(H,33,34)/t25-,26-/m1/s1. The van der Waals surface area contributed by atoms with E-state index in [2.05, 4.69) is 29.2 Å². The van der Waals surface area contributed by atoms with Gasteiger partial charge in [0.05, 0.1) is 0 Å². The van der Waals surface area contributed by atoms with E-state index in [0.717, 1.165) is 33.6 Å². The van der Waals surface area contributed by atoms with E-state index in [0.29, 0.717) is 11.6 Å². The van der Waals surface area contributed by atoms with Crippen LogP contribution in [0, 0.1) is 5.92 Å². The molecule has 1 amide bonds. The summed E-state index contributed by atoms with van der Waals surface area (Å²) < 4.78 is 11.5. The monoisotopic (exact) mass is 536 g/mol. The van der Waals surface area contributed by atoms with Gasteiger partial charge in [-0.3, -0.25) is 4.79 Å². The van der Waals surface area contributed by atoms with Crippen LogP contribution in [0.5, 0.6) is 0 Å². The Morgan fingerprint density at radius 3 is 2.16 bits per heavy atom. The Morgan fingerprint density at radius 2 is 1.66 bits per heavy atom. The number of hydrogen-bond acceptors (Lipinski definition) is 7. The van der Waals surface area contributed by atoms with Crippen LogP contribution >= 0.6 is 11.3 Å². The van der Waals surface area contributed by atoms with Gasteiger partial charge < -0.3 is 19.5 Å². The maximum atomic E-state index is 13.4. The van der Waals surface area contributed by atoms with Crippen molar-refractivity contribution in [2.45, 2.75) is 52.2 Å². The van der Waals surface area contributed by atoms with Gasteiger partial charge in [-0.05, 0) is 35.1 Å². The zero-order chi connectivity index (χ0) is 27.4. The van der Waals surface area contributed by atoms with E-state index in [1.165, 1.54) is 12.3 Å². The number of carbonyl (C=O) groups is 3. The van der Waals surface area contributed by atoms with E-state index in [-0.39, 0.29) is 36.6 Å². The highest BCUT2D eigenvalue weighted by Gasteiger charge is 2.34. The second-order valence-electron chi connectivity index (χ2n) is 9.61. The molecular weight excluding hydrogens is 504 g/mol. The van der Waals surface area contributed by atoms with Gasteiger partial charge >= 0.3 is 18.0 Å². The first-order valence-electron chi connectivity index (χ1n) is 12.7. The number of rotatable bonds is 10. The van der Waals surface area contributed by atoms with E-state index >= 15 is 0 Å². The first-order chi connectivity index (χ1) is 18.2. The quantitative estimate of drug-likeness (QED) is 0.311. The maximum absolute atomic E-state index is 13.4. The number of hydrogen-bond donors (Lipinski definition) is 1. The molecule has 0 saturated carbocycles. The molecule has 0 fully saturated rings. The number of carboxylic acid groups (broad SMARTS) is 1. The Hall–Kier alpha value is -3.72. The van der Waals surface area contributed by atoms with Crippen LogP contribution in [0.2, 0.25) is 0 Å². The molecule has 4 rings (SSSR count). The highest BCUT2D eigenvalue weighted by atomic mass is 32.1. The van der Waals surface area contributed by atoms with Crippen LogP contribution < -0.4 is 0 Å². The largest absolute Gasteiger partial charge is 0.476 e. The number of esters is 1. The van der Waals surface area contributed by atoms with E-state index in [4.69, 9.17) is 9.47 Å². The van der Waals surface area contributed by atoms with Crippen molar-refractivity contribution >= 4 is 29.4 Å². The topological polar surface area (TPSA) is 106 Å². The molecule has 9 heteroatoms. The molecule has 2 aromatic carbocycles. The Balaban J connectivity index is 1.52. The molecule has 0 aliphatic heterocycles. The molecule has 2 atom stereocenters. The van der Waals surface area contributed by atoms with Gasteiger partial charge in [0, 0.05) is 37.2 Å². The second kappa shape index (κ2) is 11.8. The van der Waals surface area contributed by atoms with Crippen molar-refractivity contribution in [1.82, 2.24) is 9.88 Å². The lowest BCUT2D eigenvalue weighted by Gasteiger charge is -2.35. The van der Waals surface area contributed by atoms with Gasteiger partial charge in [0.15, 0.2) is 11.8 Å². The molecule has 0 radical (unpaired) electrons. The molecule has 0 spiro atoms. The van der Waals surface area contributed by atoms with Gasteiger partial charge in [-0.15, -0.1) is 11.3 Å². The number of aromatic carboxylic acids is 1. The van der Waals surface area contributed by atoms with Crippen molar-refractivity contribution in [3.05, 3.63) is 75.7 Å². The average molecular weight is 537 g/mol. The summed E-state index contributed by atoms with van der Waals surface area (Å²) in [4.78, 5) is 42.4. The fraction of sp³-hybridized carbons (Fsp3) is 0.379. The van der Waals surface area contributed by atoms with Gasteiger partial charge in [0.2, 0.25) is 0 Å². The van der Waals surface area contributed by atoms with Gasteiger partial charge in [-0.25, -0.2) is 14.6 Å². The molecule has 1 N–H and O–H groups in total. The highest BCUT2D eigenvalue weighted by Crippen LogP contribution is 2.44. The Kier molecular flexibility index (Phi) is 8.46. The number of benzene rings is 2. The normalized spacial score (nSPS) is 13.9. The first-order valence-corrected chi connectivity index (χ1v) is 13.6. The van der Waals surface area contributed by atoms with Gasteiger partial charge in [0.1, 0.15) is 11.6 Å². The van der Waals surface area contributed by atoms with Crippen molar-refractivity contribution in [3.8, 4) is 11.1 Å². The van der Waals surface area contributed by atoms with Gasteiger partial charge in [-0.1, -0.05) is 62.4 Å². The molecule has 1 aromatic heterocycles. The van der Waals surface area contributed by atoms with Crippen molar-refractivity contribution in [2.24, 2.45) is 5.92 Å². The number of thiazole rings is 1. The Labute approximate surface area is 226 Å². The minimum absolute atomic E-state index is 0.00685. The lowest BCUT2D eigenvalue weighted by Crippen LogP contribution is -2.45. The summed E-state index contributed by atoms with van der Waals surface area (Å²) in [6.07, 6.45) is -0.963. The summed E-state index contributed by atoms with van der Waals surface area (Å²) in [5.41, 5.74) is 4.48. The number of aromatic nitrogens is 1. The number of carboxylic acids is 1. The van der Waals surface area contributed by atoms with E-state index in [1.807, 2.05) is 45.0 Å². The number of ether oxygens (including phenoxy) is 2. The zero-order valence-corrected chi connectivity index (χ0v) is 22.7. The summed E-state index contributed by atoms with van der Waals surface area (Å²) in [5.74, 6) is -1.70. The lowest BCUT2D eigenvalue weighted by molar-refractivity contribution is -0.147. The number of amides is 1. The molecule has 3 aromatic rings. The van der Waals surface area contributed by atoms with Crippen molar-refractivity contribution in [2.75, 3.05) is 13.2 Å². The number of carbonyl (C=O) groups excluding carboxylic acids is 2. The highest BCUT2D eigenvalue weighted by molar-refractivity contribution is 7.09. The van der Waals surface area contributed by atoms with Crippen LogP contribution in [-0.4, -0.2) is 52.2 Å². The summed E-state index contributed by atoms with van der Waals surface area (Å²) in [7, 11) is 0. The Morgan fingerprint density at radius 1 is 1.05 bits per heavy atom. The van der Waals surface area contributed by atoms with E-state index in [1.54, 1.807) is 4.90 Å². The predicted octanol–water partition coefficient (Wildman–Crippen LogP) is 6.13. The summed E-state index contributed by atoms with van der Waals surface area (Å²) in [6.45, 7) is 7.75. The van der Waals surface area contributed by atoms with E-state index < -0.39 is 24.1 Å². The van der Waals surface area contributed by atoms with Gasteiger partial charge in [0.25, 0.3) is 0 Å². The molecule has 0 saturated heterocycles. The van der Waals surface area contributed by atoms with Crippen LogP contribution in [0.1, 0.15) is 72.8 Å². The molecular formula is C29H32N2O6S. The third-order valence-corrected chi connectivity index (χ3v) is 7.80. The Bertz CT molecular complexity index is 1270. The molecule has 38 heavy (non-hydrogen) atoms. The zero-order valence-electron chi connectivity index (χ0n) is 21.9.